The van der Waals surface area contributed by atoms with Crippen molar-refractivity contribution in [3.63, 3.8) is 0 Å². The topological polar surface area (TPSA) is 52.0 Å². The van der Waals surface area contributed by atoms with Crippen LogP contribution in [-0.4, -0.2) is 0 Å². The van der Waals surface area contributed by atoms with Gasteiger partial charge in [-0.1, -0.05) is 49.6 Å². The van der Waals surface area contributed by atoms with Crippen LogP contribution in [0.4, 0.5) is 11.4 Å². The smallest absolute Gasteiger partial charge is 0.0414 e. The number of nitrogen functional groups attached to an aromatic ring is 2. The maximum atomic E-state index is 6.17. The zero-order valence-electron chi connectivity index (χ0n) is 11.8. The molecule has 1 fully saturated rings. The number of nitrogens with two attached hydrogens (primary N) is 2. The molecule has 1 aliphatic carbocycles. The summed E-state index contributed by atoms with van der Waals surface area (Å²) in [7, 11) is 0. The second kappa shape index (κ2) is 5.58. The molecule has 0 spiro atoms. The number of rotatable bonds is 2. The van der Waals surface area contributed by atoms with Crippen LogP contribution in [-0.2, 0) is 0 Å². The van der Waals surface area contributed by atoms with Gasteiger partial charge in [-0.05, 0) is 42.0 Å². The molecule has 2 heteroatoms. The molecular weight excluding hydrogens is 244 g/mol. The summed E-state index contributed by atoms with van der Waals surface area (Å²) in [5, 5.41) is 0. The highest BCUT2D eigenvalue weighted by atomic mass is 14.6. The van der Waals surface area contributed by atoms with Crippen molar-refractivity contribution in [2.24, 2.45) is 0 Å². The lowest BCUT2D eigenvalue weighted by atomic mass is 9.80. The van der Waals surface area contributed by atoms with Crippen LogP contribution >= 0.6 is 0 Å². The third-order valence-electron chi connectivity index (χ3n) is 4.37. The van der Waals surface area contributed by atoms with E-state index in [0.29, 0.717) is 5.92 Å². The lowest BCUT2D eigenvalue weighted by molar-refractivity contribution is 0.444. The van der Waals surface area contributed by atoms with Crippen LogP contribution < -0.4 is 11.5 Å². The molecular formula is C18H22N2. The van der Waals surface area contributed by atoms with Crippen molar-refractivity contribution in [1.82, 2.24) is 0 Å². The van der Waals surface area contributed by atoms with E-state index in [4.69, 9.17) is 11.5 Å². The predicted molar refractivity (Wildman–Crippen MR) is 86.5 cm³/mol. The second-order valence-electron chi connectivity index (χ2n) is 5.77. The molecule has 0 atom stereocenters. The first-order valence-electron chi connectivity index (χ1n) is 7.50. The average molecular weight is 266 g/mol. The summed E-state index contributed by atoms with van der Waals surface area (Å²) in [6, 6.07) is 14.5. The third-order valence-corrected chi connectivity index (χ3v) is 4.37. The van der Waals surface area contributed by atoms with Crippen molar-refractivity contribution in [2.75, 3.05) is 11.5 Å². The highest BCUT2D eigenvalue weighted by Gasteiger charge is 2.19. The Morgan fingerprint density at radius 3 is 2.30 bits per heavy atom. The zero-order valence-corrected chi connectivity index (χ0v) is 11.8. The Hall–Kier alpha value is -1.96. The summed E-state index contributed by atoms with van der Waals surface area (Å²) in [5.41, 5.74) is 17.3. The minimum atomic E-state index is 0.678. The van der Waals surface area contributed by atoms with E-state index in [9.17, 15) is 0 Å². The maximum absolute atomic E-state index is 6.17. The Morgan fingerprint density at radius 2 is 1.55 bits per heavy atom. The van der Waals surface area contributed by atoms with Gasteiger partial charge in [-0.25, -0.2) is 0 Å². The van der Waals surface area contributed by atoms with Gasteiger partial charge < -0.3 is 11.5 Å². The Bertz CT molecular complexity index is 598. The summed E-state index contributed by atoms with van der Waals surface area (Å²) < 4.78 is 0. The van der Waals surface area contributed by atoms with Crippen LogP contribution in [0.15, 0.2) is 42.5 Å². The first kappa shape index (κ1) is 13.0. The van der Waals surface area contributed by atoms with E-state index in [2.05, 4.69) is 24.3 Å². The SMILES string of the molecule is Nc1ccc(-c2ccccc2C2CCCCC2)c(N)c1. The van der Waals surface area contributed by atoms with Crippen molar-refractivity contribution in [3.05, 3.63) is 48.0 Å². The minimum Gasteiger partial charge on any atom is -0.399 e. The van der Waals surface area contributed by atoms with Crippen LogP contribution in [0.5, 0.6) is 0 Å². The molecule has 2 aromatic carbocycles. The minimum absolute atomic E-state index is 0.678. The van der Waals surface area contributed by atoms with Gasteiger partial charge in [-0.2, -0.15) is 0 Å². The van der Waals surface area contributed by atoms with Gasteiger partial charge in [0.1, 0.15) is 0 Å². The van der Waals surface area contributed by atoms with Gasteiger partial charge in [0.25, 0.3) is 0 Å². The molecule has 20 heavy (non-hydrogen) atoms. The summed E-state index contributed by atoms with van der Waals surface area (Å²) in [6.45, 7) is 0. The van der Waals surface area contributed by atoms with E-state index < -0.39 is 0 Å². The first-order valence-corrected chi connectivity index (χ1v) is 7.50. The molecule has 1 aliphatic rings. The molecule has 2 nitrogen and oxygen atoms in total. The molecule has 0 amide bonds. The van der Waals surface area contributed by atoms with E-state index in [1.54, 1.807) is 0 Å². The van der Waals surface area contributed by atoms with E-state index in [1.165, 1.54) is 43.2 Å². The van der Waals surface area contributed by atoms with Gasteiger partial charge in [0.15, 0.2) is 0 Å². The summed E-state index contributed by atoms with van der Waals surface area (Å²) in [4.78, 5) is 0. The van der Waals surface area contributed by atoms with Crippen LogP contribution in [0.1, 0.15) is 43.6 Å². The molecule has 0 heterocycles. The Kier molecular flexibility index (Phi) is 3.64. The molecule has 104 valence electrons. The van der Waals surface area contributed by atoms with Crippen molar-refractivity contribution >= 4 is 11.4 Å². The lowest BCUT2D eigenvalue weighted by Crippen LogP contribution is -2.06. The van der Waals surface area contributed by atoms with Crippen molar-refractivity contribution in [2.45, 2.75) is 38.0 Å². The molecule has 0 aliphatic heterocycles. The highest BCUT2D eigenvalue weighted by Crippen LogP contribution is 2.39. The largest absolute Gasteiger partial charge is 0.399 e. The van der Waals surface area contributed by atoms with Crippen molar-refractivity contribution in [3.8, 4) is 11.1 Å². The van der Waals surface area contributed by atoms with Crippen LogP contribution in [0, 0.1) is 0 Å². The summed E-state index contributed by atoms with van der Waals surface area (Å²) in [6.07, 6.45) is 6.66. The molecule has 3 rings (SSSR count). The highest BCUT2D eigenvalue weighted by molar-refractivity contribution is 5.81. The maximum Gasteiger partial charge on any atom is 0.0414 e. The van der Waals surface area contributed by atoms with Gasteiger partial charge in [-0.3, -0.25) is 0 Å². The normalized spacial score (nSPS) is 16.2. The Morgan fingerprint density at radius 1 is 0.800 bits per heavy atom. The number of hydrogen-bond acceptors (Lipinski definition) is 2. The van der Waals surface area contributed by atoms with E-state index in [1.807, 2.05) is 18.2 Å². The number of benzene rings is 2. The fraction of sp³-hybridized carbons (Fsp3) is 0.333. The summed E-state index contributed by atoms with van der Waals surface area (Å²) >= 11 is 0. The van der Waals surface area contributed by atoms with Gasteiger partial charge in [-0.15, -0.1) is 0 Å². The van der Waals surface area contributed by atoms with E-state index >= 15 is 0 Å². The quantitative estimate of drug-likeness (QED) is 0.782. The van der Waals surface area contributed by atoms with E-state index in [-0.39, 0.29) is 0 Å². The zero-order chi connectivity index (χ0) is 13.9. The molecule has 0 aromatic heterocycles. The van der Waals surface area contributed by atoms with Crippen LogP contribution in [0.25, 0.3) is 11.1 Å². The standard InChI is InChI=1S/C18H22N2/c19-14-10-11-17(18(20)12-14)16-9-5-4-8-15(16)13-6-2-1-3-7-13/h4-5,8-13H,1-3,6-7,19-20H2. The van der Waals surface area contributed by atoms with E-state index in [0.717, 1.165) is 16.9 Å². The van der Waals surface area contributed by atoms with Gasteiger partial charge >= 0.3 is 0 Å². The molecule has 0 radical (unpaired) electrons. The predicted octanol–water partition coefficient (Wildman–Crippen LogP) is 4.57. The van der Waals surface area contributed by atoms with Gasteiger partial charge in [0, 0.05) is 16.9 Å². The lowest BCUT2D eigenvalue weighted by Gasteiger charge is -2.25. The Balaban J connectivity index is 2.04. The molecule has 0 saturated heterocycles. The monoisotopic (exact) mass is 266 g/mol. The first-order chi connectivity index (χ1) is 9.75. The molecule has 1 saturated carbocycles. The fourth-order valence-electron chi connectivity index (χ4n) is 3.34. The third kappa shape index (κ3) is 2.51. The number of hydrogen-bond donors (Lipinski definition) is 2. The van der Waals surface area contributed by atoms with Crippen molar-refractivity contribution < 1.29 is 0 Å². The number of anilines is 2. The molecule has 0 bridgehead atoms. The fourth-order valence-corrected chi connectivity index (χ4v) is 3.34. The van der Waals surface area contributed by atoms with Gasteiger partial charge in [0.2, 0.25) is 0 Å². The molecule has 0 unspecified atom stereocenters. The molecule has 4 N–H and O–H groups in total. The van der Waals surface area contributed by atoms with Gasteiger partial charge in [0.05, 0.1) is 0 Å². The Labute approximate surface area is 120 Å². The van der Waals surface area contributed by atoms with Crippen molar-refractivity contribution in [1.29, 1.82) is 0 Å². The van der Waals surface area contributed by atoms with Crippen LogP contribution in [0.2, 0.25) is 0 Å². The van der Waals surface area contributed by atoms with Crippen LogP contribution in [0.3, 0.4) is 0 Å². The summed E-state index contributed by atoms with van der Waals surface area (Å²) in [5.74, 6) is 0.678. The average Bonchev–Trinajstić information content (AvgIpc) is 2.48. The molecule has 2 aromatic rings. The second-order valence-corrected chi connectivity index (χ2v) is 5.77.